The first-order valence-corrected chi connectivity index (χ1v) is 11.3. The molecule has 8 heteroatoms. The molecular formula is C24H28N4O4. The summed E-state index contributed by atoms with van der Waals surface area (Å²) in [5.74, 6) is -0.0804. The Labute approximate surface area is 187 Å². The van der Waals surface area contributed by atoms with E-state index in [1.807, 2.05) is 17.0 Å². The van der Waals surface area contributed by atoms with Crippen molar-refractivity contribution >= 4 is 17.3 Å². The number of nitro benzene ring substituents is 1. The SMILES string of the molecule is O=C(C1Cc2cc([N+](=O)[O-])ccc2N2CCN(Cc3ccccc3)CC12)N1CCOCC1. The highest BCUT2D eigenvalue weighted by atomic mass is 16.6. The molecule has 0 N–H and O–H groups in total. The smallest absolute Gasteiger partial charge is 0.269 e. The number of carbonyl (C=O) groups is 1. The molecule has 2 aromatic carbocycles. The number of hydrogen-bond donors (Lipinski definition) is 0. The van der Waals surface area contributed by atoms with E-state index in [9.17, 15) is 14.9 Å². The van der Waals surface area contributed by atoms with Crippen molar-refractivity contribution in [1.82, 2.24) is 9.80 Å². The van der Waals surface area contributed by atoms with Gasteiger partial charge >= 0.3 is 0 Å². The Morgan fingerprint density at radius 1 is 1.06 bits per heavy atom. The molecule has 5 rings (SSSR count). The lowest BCUT2D eigenvalue weighted by Crippen LogP contribution is -2.61. The van der Waals surface area contributed by atoms with Gasteiger partial charge in [0.05, 0.1) is 30.1 Å². The molecule has 0 saturated carbocycles. The Bertz CT molecular complexity index is 993. The highest BCUT2D eigenvalue weighted by Crippen LogP contribution is 2.38. The van der Waals surface area contributed by atoms with Crippen LogP contribution in [-0.4, -0.2) is 72.6 Å². The minimum absolute atomic E-state index is 0.0526. The summed E-state index contributed by atoms with van der Waals surface area (Å²) in [6.07, 6.45) is 0.535. The summed E-state index contributed by atoms with van der Waals surface area (Å²) >= 11 is 0. The van der Waals surface area contributed by atoms with Crippen LogP contribution in [0.3, 0.4) is 0 Å². The average Bonchev–Trinajstić information content (AvgIpc) is 2.83. The number of benzene rings is 2. The van der Waals surface area contributed by atoms with E-state index in [2.05, 4.69) is 34.1 Å². The molecule has 3 heterocycles. The molecule has 0 aliphatic carbocycles. The highest BCUT2D eigenvalue weighted by Gasteiger charge is 2.43. The third-order valence-electron chi connectivity index (χ3n) is 6.88. The monoisotopic (exact) mass is 436 g/mol. The zero-order chi connectivity index (χ0) is 22.1. The van der Waals surface area contributed by atoms with Crippen LogP contribution in [0.2, 0.25) is 0 Å². The largest absolute Gasteiger partial charge is 0.378 e. The van der Waals surface area contributed by atoms with Gasteiger partial charge in [-0.3, -0.25) is 19.8 Å². The number of morpholine rings is 1. The predicted octanol–water partition coefficient (Wildman–Crippen LogP) is 2.32. The van der Waals surface area contributed by atoms with Gasteiger partial charge in [-0.05, 0) is 23.6 Å². The fourth-order valence-electron chi connectivity index (χ4n) is 5.27. The summed E-state index contributed by atoms with van der Waals surface area (Å²) in [7, 11) is 0. The Morgan fingerprint density at radius 3 is 2.59 bits per heavy atom. The van der Waals surface area contributed by atoms with E-state index in [0.29, 0.717) is 32.7 Å². The van der Waals surface area contributed by atoms with E-state index < -0.39 is 0 Å². The second-order valence-corrected chi connectivity index (χ2v) is 8.80. The van der Waals surface area contributed by atoms with E-state index >= 15 is 0 Å². The Morgan fingerprint density at radius 2 is 1.84 bits per heavy atom. The van der Waals surface area contributed by atoms with Crippen LogP contribution in [0.4, 0.5) is 11.4 Å². The van der Waals surface area contributed by atoms with Crippen molar-refractivity contribution in [3.05, 3.63) is 69.8 Å². The fraction of sp³-hybridized carbons (Fsp3) is 0.458. The highest BCUT2D eigenvalue weighted by molar-refractivity contribution is 5.82. The van der Waals surface area contributed by atoms with Crippen LogP contribution in [0.5, 0.6) is 0 Å². The number of non-ortho nitro benzene ring substituents is 1. The van der Waals surface area contributed by atoms with Gasteiger partial charge in [-0.15, -0.1) is 0 Å². The molecule has 0 aromatic heterocycles. The number of amides is 1. The first-order chi connectivity index (χ1) is 15.6. The van der Waals surface area contributed by atoms with Crippen LogP contribution >= 0.6 is 0 Å². The molecule has 0 spiro atoms. The van der Waals surface area contributed by atoms with Crippen LogP contribution in [0, 0.1) is 16.0 Å². The van der Waals surface area contributed by atoms with Crippen molar-refractivity contribution in [2.75, 3.05) is 50.8 Å². The second-order valence-electron chi connectivity index (χ2n) is 8.80. The summed E-state index contributed by atoms with van der Waals surface area (Å²) < 4.78 is 5.44. The normalized spacial score (nSPS) is 23.4. The maximum absolute atomic E-state index is 13.6. The summed E-state index contributed by atoms with van der Waals surface area (Å²) in [5.41, 5.74) is 3.29. The van der Waals surface area contributed by atoms with Gasteiger partial charge in [0, 0.05) is 57.1 Å². The lowest BCUT2D eigenvalue weighted by molar-refractivity contribution is -0.384. The number of hydrogen-bond acceptors (Lipinski definition) is 6. The molecule has 2 unspecified atom stereocenters. The van der Waals surface area contributed by atoms with Crippen molar-refractivity contribution in [2.45, 2.75) is 19.0 Å². The van der Waals surface area contributed by atoms with Crippen molar-refractivity contribution in [1.29, 1.82) is 0 Å². The van der Waals surface area contributed by atoms with Gasteiger partial charge in [0.2, 0.25) is 5.91 Å². The molecule has 2 aromatic rings. The fourth-order valence-corrected chi connectivity index (χ4v) is 5.27. The lowest BCUT2D eigenvalue weighted by atomic mass is 9.82. The van der Waals surface area contributed by atoms with Crippen LogP contribution in [0.25, 0.3) is 0 Å². The molecule has 2 atom stereocenters. The number of fused-ring (bicyclic) bond motifs is 3. The van der Waals surface area contributed by atoms with Crippen molar-refractivity contribution in [3.63, 3.8) is 0 Å². The number of nitrogens with zero attached hydrogens (tertiary/aromatic N) is 4. The van der Waals surface area contributed by atoms with E-state index in [1.54, 1.807) is 12.1 Å². The molecule has 3 aliphatic rings. The maximum atomic E-state index is 13.6. The van der Waals surface area contributed by atoms with Crippen LogP contribution in [0.1, 0.15) is 11.1 Å². The molecule has 168 valence electrons. The summed E-state index contributed by atoms with van der Waals surface area (Å²) in [6, 6.07) is 15.6. The molecule has 8 nitrogen and oxygen atoms in total. The minimum atomic E-state index is -0.358. The van der Waals surface area contributed by atoms with Gasteiger partial charge in [-0.1, -0.05) is 30.3 Å². The van der Waals surface area contributed by atoms with E-state index in [-0.39, 0.29) is 28.5 Å². The van der Waals surface area contributed by atoms with Crippen molar-refractivity contribution < 1.29 is 14.5 Å². The first-order valence-electron chi connectivity index (χ1n) is 11.3. The average molecular weight is 437 g/mol. The van der Waals surface area contributed by atoms with Crippen LogP contribution < -0.4 is 4.90 Å². The van der Waals surface area contributed by atoms with E-state index in [1.165, 1.54) is 5.56 Å². The van der Waals surface area contributed by atoms with Gasteiger partial charge in [0.25, 0.3) is 5.69 Å². The van der Waals surface area contributed by atoms with Crippen LogP contribution in [0.15, 0.2) is 48.5 Å². The molecule has 0 radical (unpaired) electrons. The second kappa shape index (κ2) is 8.88. The maximum Gasteiger partial charge on any atom is 0.269 e. The quantitative estimate of drug-likeness (QED) is 0.541. The van der Waals surface area contributed by atoms with Gasteiger partial charge in [0.15, 0.2) is 0 Å². The molecular weight excluding hydrogens is 408 g/mol. The molecule has 2 fully saturated rings. The first kappa shape index (κ1) is 20.9. The summed E-state index contributed by atoms with van der Waals surface area (Å²) in [5, 5.41) is 11.3. The molecule has 3 aliphatic heterocycles. The van der Waals surface area contributed by atoms with Gasteiger partial charge in [-0.2, -0.15) is 0 Å². The number of rotatable bonds is 4. The number of piperazine rings is 1. The van der Waals surface area contributed by atoms with E-state index in [4.69, 9.17) is 4.74 Å². The Kier molecular flexibility index (Phi) is 5.80. The van der Waals surface area contributed by atoms with Gasteiger partial charge in [0.1, 0.15) is 0 Å². The Balaban J connectivity index is 1.44. The van der Waals surface area contributed by atoms with E-state index in [0.717, 1.165) is 37.4 Å². The third-order valence-corrected chi connectivity index (χ3v) is 6.88. The third kappa shape index (κ3) is 4.08. The van der Waals surface area contributed by atoms with Gasteiger partial charge in [-0.25, -0.2) is 0 Å². The number of ether oxygens (including phenoxy) is 1. The molecule has 2 saturated heterocycles. The summed E-state index contributed by atoms with van der Waals surface area (Å²) in [6.45, 7) is 5.69. The molecule has 32 heavy (non-hydrogen) atoms. The summed E-state index contributed by atoms with van der Waals surface area (Å²) in [4.78, 5) is 31.2. The zero-order valence-corrected chi connectivity index (χ0v) is 18.1. The topological polar surface area (TPSA) is 79.2 Å². The molecule has 0 bridgehead atoms. The Hall–Kier alpha value is -2.97. The van der Waals surface area contributed by atoms with Crippen molar-refractivity contribution in [3.8, 4) is 0 Å². The lowest BCUT2D eigenvalue weighted by Gasteiger charge is -2.50. The van der Waals surface area contributed by atoms with Gasteiger partial charge < -0.3 is 14.5 Å². The predicted molar refractivity (Wildman–Crippen MR) is 121 cm³/mol. The molecule has 1 amide bonds. The number of anilines is 1. The zero-order valence-electron chi connectivity index (χ0n) is 18.1. The van der Waals surface area contributed by atoms with Crippen LogP contribution in [-0.2, 0) is 22.5 Å². The minimum Gasteiger partial charge on any atom is -0.378 e. The number of nitro groups is 1. The van der Waals surface area contributed by atoms with Crippen molar-refractivity contribution in [2.24, 2.45) is 5.92 Å². The standard InChI is InChI=1S/C24H28N4O4/c29-24(26-10-12-32-13-11-26)21-15-19-14-20(28(30)31)6-7-22(19)27-9-8-25(17-23(21)27)16-18-4-2-1-3-5-18/h1-7,14,21,23H,8-13,15-17H2. The number of carbonyl (C=O) groups excluding carboxylic acids is 1.